The highest BCUT2D eigenvalue weighted by molar-refractivity contribution is 8.26. The summed E-state index contributed by atoms with van der Waals surface area (Å²) in [6, 6.07) is 26.2. The lowest BCUT2D eigenvalue weighted by Gasteiger charge is -2.14. The minimum Gasteiger partial charge on any atom is -0.494 e. The van der Waals surface area contributed by atoms with Gasteiger partial charge in [0, 0.05) is 23.9 Å². The van der Waals surface area contributed by atoms with Crippen molar-refractivity contribution < 1.29 is 9.53 Å². The highest BCUT2D eigenvalue weighted by Crippen LogP contribution is 2.35. The fourth-order valence-corrected chi connectivity index (χ4v) is 5.56. The first kappa shape index (κ1) is 25.0. The van der Waals surface area contributed by atoms with E-state index in [2.05, 4.69) is 18.2 Å². The molecular formula is C30H27N3O2S2. The summed E-state index contributed by atoms with van der Waals surface area (Å²) in [4.78, 5) is 15.6. The average Bonchev–Trinajstić information content (AvgIpc) is 3.45. The van der Waals surface area contributed by atoms with E-state index in [0.29, 0.717) is 22.4 Å². The van der Waals surface area contributed by atoms with Gasteiger partial charge >= 0.3 is 0 Å². The Bertz CT molecular complexity index is 1460. The van der Waals surface area contributed by atoms with Crippen molar-refractivity contribution in [2.75, 3.05) is 13.2 Å². The van der Waals surface area contributed by atoms with Crippen LogP contribution in [0.2, 0.25) is 0 Å². The number of aromatic nitrogens is 2. The number of thioether (sulfide) groups is 1. The molecule has 1 amide bonds. The van der Waals surface area contributed by atoms with E-state index in [1.165, 1.54) is 17.3 Å². The van der Waals surface area contributed by atoms with Crippen LogP contribution in [0.25, 0.3) is 23.0 Å². The quantitative estimate of drug-likeness (QED) is 0.189. The van der Waals surface area contributed by atoms with E-state index in [9.17, 15) is 4.79 Å². The predicted octanol–water partition coefficient (Wildman–Crippen LogP) is 6.69. The molecule has 0 spiro atoms. The zero-order valence-electron chi connectivity index (χ0n) is 20.8. The van der Waals surface area contributed by atoms with E-state index in [1.807, 2.05) is 91.5 Å². The highest BCUT2D eigenvalue weighted by Gasteiger charge is 2.32. The van der Waals surface area contributed by atoms with Crippen molar-refractivity contribution in [2.45, 2.75) is 20.3 Å². The molecule has 3 aromatic carbocycles. The second kappa shape index (κ2) is 11.2. The monoisotopic (exact) mass is 525 g/mol. The largest absolute Gasteiger partial charge is 0.494 e. The summed E-state index contributed by atoms with van der Waals surface area (Å²) in [5.41, 5.74) is 5.77. The standard InChI is InChI=1S/C30H27N3O2S2/c1-3-35-26-15-14-23(18-21(26)2)28-24(20-33(31-28)25-12-8-5-9-13-25)19-27-29(34)32(30(36)37-27)17-16-22-10-6-4-7-11-22/h4-15,18-20H,3,16-17H2,1-2H3/b27-19+. The molecule has 0 N–H and O–H groups in total. The number of aryl methyl sites for hydroxylation is 1. The fourth-order valence-electron chi connectivity index (χ4n) is 4.26. The molecule has 4 aromatic rings. The Labute approximate surface area is 226 Å². The van der Waals surface area contributed by atoms with Gasteiger partial charge in [0.2, 0.25) is 0 Å². The van der Waals surface area contributed by atoms with Crippen LogP contribution in [0.1, 0.15) is 23.6 Å². The molecule has 37 heavy (non-hydrogen) atoms. The summed E-state index contributed by atoms with van der Waals surface area (Å²) in [6.07, 6.45) is 4.63. The number of para-hydroxylation sites is 1. The lowest BCUT2D eigenvalue weighted by molar-refractivity contribution is -0.122. The molecule has 5 rings (SSSR count). The van der Waals surface area contributed by atoms with Crippen molar-refractivity contribution in [1.29, 1.82) is 0 Å². The van der Waals surface area contributed by atoms with E-state index >= 15 is 0 Å². The molecule has 1 saturated heterocycles. The van der Waals surface area contributed by atoms with E-state index < -0.39 is 0 Å². The second-order valence-corrected chi connectivity index (χ2v) is 10.4. The lowest BCUT2D eigenvalue weighted by Crippen LogP contribution is -2.30. The summed E-state index contributed by atoms with van der Waals surface area (Å²) in [7, 11) is 0. The summed E-state index contributed by atoms with van der Waals surface area (Å²) in [5, 5.41) is 4.91. The van der Waals surface area contributed by atoms with Crippen molar-refractivity contribution >= 4 is 40.3 Å². The van der Waals surface area contributed by atoms with Crippen molar-refractivity contribution in [3.8, 4) is 22.7 Å². The molecule has 1 aliphatic rings. The van der Waals surface area contributed by atoms with Crippen molar-refractivity contribution in [1.82, 2.24) is 14.7 Å². The van der Waals surface area contributed by atoms with Gasteiger partial charge in [-0.25, -0.2) is 4.68 Å². The zero-order valence-corrected chi connectivity index (χ0v) is 22.4. The molecule has 186 valence electrons. The smallest absolute Gasteiger partial charge is 0.266 e. The zero-order chi connectivity index (χ0) is 25.8. The van der Waals surface area contributed by atoms with Crippen LogP contribution in [0.5, 0.6) is 5.75 Å². The number of ether oxygens (including phenoxy) is 1. The Kier molecular flexibility index (Phi) is 7.53. The van der Waals surface area contributed by atoms with Gasteiger partial charge in [0.05, 0.1) is 17.2 Å². The maximum Gasteiger partial charge on any atom is 0.266 e. The second-order valence-electron chi connectivity index (χ2n) is 8.70. The van der Waals surface area contributed by atoms with Crippen LogP contribution >= 0.6 is 24.0 Å². The van der Waals surface area contributed by atoms with Crippen LogP contribution in [0.15, 0.2) is 90.0 Å². The van der Waals surface area contributed by atoms with Crippen LogP contribution in [-0.4, -0.2) is 38.1 Å². The topological polar surface area (TPSA) is 47.4 Å². The number of benzene rings is 3. The van der Waals surface area contributed by atoms with Crippen LogP contribution < -0.4 is 4.74 Å². The van der Waals surface area contributed by atoms with Gasteiger partial charge < -0.3 is 4.74 Å². The first-order valence-corrected chi connectivity index (χ1v) is 13.4. The van der Waals surface area contributed by atoms with Gasteiger partial charge in [0.25, 0.3) is 5.91 Å². The lowest BCUT2D eigenvalue weighted by atomic mass is 10.0. The summed E-state index contributed by atoms with van der Waals surface area (Å²) < 4.78 is 8.16. The molecule has 0 bridgehead atoms. The summed E-state index contributed by atoms with van der Waals surface area (Å²) in [5.74, 6) is 0.793. The molecule has 0 radical (unpaired) electrons. The fraction of sp³-hybridized carbons (Fsp3) is 0.167. The molecular weight excluding hydrogens is 498 g/mol. The minimum atomic E-state index is -0.0628. The van der Waals surface area contributed by atoms with Crippen LogP contribution in [-0.2, 0) is 11.2 Å². The summed E-state index contributed by atoms with van der Waals surface area (Å²) in [6.45, 7) is 5.17. The summed E-state index contributed by atoms with van der Waals surface area (Å²) >= 11 is 6.93. The SMILES string of the molecule is CCOc1ccc(-c2nn(-c3ccccc3)cc2/C=C2/SC(=S)N(CCc3ccccc3)C2=O)cc1C. The van der Waals surface area contributed by atoms with Crippen LogP contribution in [0.3, 0.4) is 0 Å². The van der Waals surface area contributed by atoms with Gasteiger partial charge in [-0.2, -0.15) is 5.10 Å². The number of hydrogen-bond donors (Lipinski definition) is 0. The maximum absolute atomic E-state index is 13.3. The third-order valence-electron chi connectivity index (χ3n) is 6.14. The third kappa shape index (κ3) is 5.53. The Morgan fingerprint density at radius 1 is 1.03 bits per heavy atom. The molecule has 0 unspecified atom stereocenters. The first-order valence-electron chi connectivity index (χ1n) is 12.2. The van der Waals surface area contributed by atoms with E-state index in [-0.39, 0.29) is 5.91 Å². The molecule has 0 aliphatic carbocycles. The number of hydrogen-bond acceptors (Lipinski definition) is 5. The van der Waals surface area contributed by atoms with Crippen molar-refractivity contribution in [2.24, 2.45) is 0 Å². The molecule has 1 aliphatic heterocycles. The average molecular weight is 526 g/mol. The van der Waals surface area contributed by atoms with Gasteiger partial charge in [-0.15, -0.1) is 0 Å². The molecule has 7 heteroatoms. The number of thiocarbonyl (C=S) groups is 1. The Balaban J connectivity index is 1.48. The number of carbonyl (C=O) groups is 1. The van der Waals surface area contributed by atoms with E-state index in [1.54, 1.807) is 4.90 Å². The maximum atomic E-state index is 13.3. The third-order valence-corrected chi connectivity index (χ3v) is 7.52. The molecule has 5 nitrogen and oxygen atoms in total. The van der Waals surface area contributed by atoms with Gasteiger partial charge in [-0.1, -0.05) is 72.5 Å². The minimum absolute atomic E-state index is 0.0628. The van der Waals surface area contributed by atoms with Gasteiger partial charge in [0.1, 0.15) is 15.8 Å². The first-order chi connectivity index (χ1) is 18.0. The Morgan fingerprint density at radius 2 is 1.76 bits per heavy atom. The number of rotatable bonds is 8. The van der Waals surface area contributed by atoms with Gasteiger partial charge in [0.15, 0.2) is 0 Å². The highest BCUT2D eigenvalue weighted by atomic mass is 32.2. The number of nitrogens with zero attached hydrogens (tertiary/aromatic N) is 3. The van der Waals surface area contributed by atoms with E-state index in [0.717, 1.165) is 40.2 Å². The van der Waals surface area contributed by atoms with Crippen LogP contribution in [0.4, 0.5) is 0 Å². The van der Waals surface area contributed by atoms with Crippen molar-refractivity contribution in [3.63, 3.8) is 0 Å². The van der Waals surface area contributed by atoms with Crippen molar-refractivity contribution in [3.05, 3.63) is 107 Å². The van der Waals surface area contributed by atoms with Crippen LogP contribution in [0, 0.1) is 6.92 Å². The predicted molar refractivity (Wildman–Crippen MR) is 155 cm³/mol. The molecule has 0 atom stereocenters. The normalized spacial score (nSPS) is 14.5. The molecule has 0 saturated carbocycles. The van der Waals surface area contributed by atoms with Gasteiger partial charge in [-0.3, -0.25) is 9.69 Å². The number of amides is 1. The Hall–Kier alpha value is -3.68. The molecule has 1 fully saturated rings. The van der Waals surface area contributed by atoms with Gasteiger partial charge in [-0.05, 0) is 67.8 Å². The number of carbonyl (C=O) groups excluding carboxylic acids is 1. The molecule has 2 heterocycles. The van der Waals surface area contributed by atoms with E-state index in [4.69, 9.17) is 22.1 Å². The molecule has 1 aromatic heterocycles. The Morgan fingerprint density at radius 3 is 2.46 bits per heavy atom.